The van der Waals surface area contributed by atoms with Gasteiger partial charge in [-0.2, -0.15) is 4.98 Å². The fraction of sp³-hybridized carbons (Fsp3) is 0.105. The van der Waals surface area contributed by atoms with Crippen molar-refractivity contribution in [1.29, 1.82) is 0 Å². The molecule has 6 nitrogen and oxygen atoms in total. The Bertz CT molecular complexity index is 960. The number of aromatic nitrogens is 3. The van der Waals surface area contributed by atoms with Gasteiger partial charge in [-0.15, -0.1) is 5.10 Å². The predicted molar refractivity (Wildman–Crippen MR) is 95.6 cm³/mol. The number of hydrogen-bond acceptors (Lipinski definition) is 4. The smallest absolute Gasteiger partial charge is 0.248 e. The van der Waals surface area contributed by atoms with Crippen molar-refractivity contribution in [3.8, 4) is 11.4 Å². The molecule has 1 aliphatic rings. The maximum Gasteiger partial charge on any atom is 0.248 e. The Morgan fingerprint density at radius 1 is 1.08 bits per heavy atom. The van der Waals surface area contributed by atoms with Gasteiger partial charge in [0.15, 0.2) is 5.82 Å². The molecule has 4 rings (SSSR count). The molecule has 0 aliphatic carbocycles. The Morgan fingerprint density at radius 2 is 1.72 bits per heavy atom. The minimum Gasteiger partial charge on any atom is -0.366 e. The number of rotatable bonds is 3. The summed E-state index contributed by atoms with van der Waals surface area (Å²) < 4.78 is 1.73. The third-order valence-corrected chi connectivity index (χ3v) is 4.27. The third kappa shape index (κ3) is 2.57. The standard InChI is InChI=1S/C19H17N5O/c1-12-15(17(20)25)16(13-8-4-2-5-9-13)24-19(21-12)22-18(23-24)14-10-6-3-7-11-14/h2-11,16H,1H3,(H2,20,25)(H,21,22,23). The average Bonchev–Trinajstić information content (AvgIpc) is 3.05. The molecule has 1 aliphatic heterocycles. The summed E-state index contributed by atoms with van der Waals surface area (Å²) in [5.74, 6) is 0.721. The Balaban J connectivity index is 1.89. The highest BCUT2D eigenvalue weighted by Gasteiger charge is 2.33. The Labute approximate surface area is 145 Å². The van der Waals surface area contributed by atoms with Crippen LogP contribution in [0.15, 0.2) is 71.9 Å². The first-order valence-corrected chi connectivity index (χ1v) is 7.99. The van der Waals surface area contributed by atoms with Crippen LogP contribution in [0, 0.1) is 0 Å². The van der Waals surface area contributed by atoms with Crippen molar-refractivity contribution in [3.05, 3.63) is 77.5 Å². The average molecular weight is 331 g/mol. The second-order valence-electron chi connectivity index (χ2n) is 5.91. The monoisotopic (exact) mass is 331 g/mol. The van der Waals surface area contributed by atoms with E-state index in [1.54, 1.807) is 4.68 Å². The summed E-state index contributed by atoms with van der Waals surface area (Å²) in [5, 5.41) is 7.80. The van der Waals surface area contributed by atoms with Crippen LogP contribution < -0.4 is 11.1 Å². The van der Waals surface area contributed by atoms with Crippen LogP contribution in [0.25, 0.3) is 11.4 Å². The zero-order valence-electron chi connectivity index (χ0n) is 13.7. The van der Waals surface area contributed by atoms with Crippen LogP contribution in [-0.4, -0.2) is 20.7 Å². The first-order valence-electron chi connectivity index (χ1n) is 7.99. The van der Waals surface area contributed by atoms with E-state index in [2.05, 4.69) is 15.4 Å². The lowest BCUT2D eigenvalue weighted by Crippen LogP contribution is -2.31. The van der Waals surface area contributed by atoms with E-state index in [1.807, 2.05) is 67.6 Å². The summed E-state index contributed by atoms with van der Waals surface area (Å²) in [5.41, 5.74) is 8.69. The molecule has 2 aromatic carbocycles. The molecular weight excluding hydrogens is 314 g/mol. The highest BCUT2D eigenvalue weighted by molar-refractivity contribution is 5.95. The molecule has 1 amide bonds. The molecule has 25 heavy (non-hydrogen) atoms. The number of amides is 1. The number of benzene rings is 2. The van der Waals surface area contributed by atoms with Gasteiger partial charge >= 0.3 is 0 Å². The van der Waals surface area contributed by atoms with Gasteiger partial charge in [-0.1, -0.05) is 60.7 Å². The van der Waals surface area contributed by atoms with Crippen molar-refractivity contribution >= 4 is 11.9 Å². The fourth-order valence-electron chi connectivity index (χ4n) is 3.12. The number of anilines is 1. The first kappa shape index (κ1) is 15.1. The molecule has 3 N–H and O–H groups in total. The van der Waals surface area contributed by atoms with Gasteiger partial charge < -0.3 is 11.1 Å². The predicted octanol–water partition coefficient (Wildman–Crippen LogP) is 2.72. The largest absolute Gasteiger partial charge is 0.366 e. The molecule has 1 unspecified atom stereocenters. The molecule has 0 fully saturated rings. The maximum atomic E-state index is 12.1. The van der Waals surface area contributed by atoms with Crippen LogP contribution in [-0.2, 0) is 4.79 Å². The molecule has 0 spiro atoms. The molecule has 1 atom stereocenters. The van der Waals surface area contributed by atoms with Crippen molar-refractivity contribution in [1.82, 2.24) is 14.8 Å². The summed E-state index contributed by atoms with van der Waals surface area (Å²) in [7, 11) is 0. The minimum atomic E-state index is -0.471. The Kier molecular flexibility index (Phi) is 3.57. The van der Waals surface area contributed by atoms with E-state index in [-0.39, 0.29) is 0 Å². The molecular formula is C19H17N5O. The van der Waals surface area contributed by atoms with Crippen LogP contribution in [0.1, 0.15) is 18.5 Å². The molecule has 0 radical (unpaired) electrons. The Hall–Kier alpha value is -3.41. The van der Waals surface area contributed by atoms with Crippen LogP contribution in [0.5, 0.6) is 0 Å². The quantitative estimate of drug-likeness (QED) is 0.773. The topological polar surface area (TPSA) is 85.8 Å². The van der Waals surface area contributed by atoms with E-state index >= 15 is 0 Å². The number of nitrogens with zero attached hydrogens (tertiary/aromatic N) is 3. The molecule has 0 saturated carbocycles. The number of allylic oxidation sites excluding steroid dienone is 1. The molecule has 0 bridgehead atoms. The summed E-state index contributed by atoms with van der Waals surface area (Å²) in [6.45, 7) is 1.83. The third-order valence-electron chi connectivity index (χ3n) is 4.27. The van der Waals surface area contributed by atoms with E-state index in [0.29, 0.717) is 23.0 Å². The van der Waals surface area contributed by atoms with Gasteiger partial charge in [-0.3, -0.25) is 4.79 Å². The SMILES string of the molecule is CC1=C(C(N)=O)C(c2ccccc2)n2nc(-c3ccccc3)nc2N1. The van der Waals surface area contributed by atoms with E-state index in [9.17, 15) is 4.79 Å². The second-order valence-corrected chi connectivity index (χ2v) is 5.91. The first-order chi connectivity index (χ1) is 12.1. The lowest BCUT2D eigenvalue weighted by Gasteiger charge is -2.27. The molecule has 3 aromatic rings. The minimum absolute atomic E-state index is 0.403. The van der Waals surface area contributed by atoms with E-state index in [0.717, 1.165) is 11.1 Å². The van der Waals surface area contributed by atoms with Crippen molar-refractivity contribution in [2.45, 2.75) is 13.0 Å². The van der Waals surface area contributed by atoms with Crippen LogP contribution in [0.2, 0.25) is 0 Å². The van der Waals surface area contributed by atoms with Crippen molar-refractivity contribution in [3.63, 3.8) is 0 Å². The van der Waals surface area contributed by atoms with Gasteiger partial charge in [-0.05, 0) is 12.5 Å². The number of nitrogens with one attached hydrogen (secondary N) is 1. The van der Waals surface area contributed by atoms with Gasteiger partial charge in [0.05, 0.1) is 5.57 Å². The molecule has 124 valence electrons. The summed E-state index contributed by atoms with van der Waals surface area (Å²) in [6.07, 6.45) is 0. The zero-order valence-corrected chi connectivity index (χ0v) is 13.7. The highest BCUT2D eigenvalue weighted by Crippen LogP contribution is 2.35. The van der Waals surface area contributed by atoms with Crippen molar-refractivity contribution in [2.75, 3.05) is 5.32 Å². The van der Waals surface area contributed by atoms with Crippen molar-refractivity contribution < 1.29 is 4.79 Å². The number of carbonyl (C=O) groups excluding carboxylic acids is 1. The second kappa shape index (κ2) is 5.90. The van der Waals surface area contributed by atoms with Gasteiger partial charge in [0.1, 0.15) is 6.04 Å². The summed E-state index contributed by atoms with van der Waals surface area (Å²) in [4.78, 5) is 16.7. The normalized spacial score (nSPS) is 16.3. The maximum absolute atomic E-state index is 12.1. The Morgan fingerprint density at radius 3 is 2.36 bits per heavy atom. The lowest BCUT2D eigenvalue weighted by atomic mass is 9.95. The van der Waals surface area contributed by atoms with E-state index < -0.39 is 11.9 Å². The summed E-state index contributed by atoms with van der Waals surface area (Å²) >= 11 is 0. The molecule has 1 aromatic heterocycles. The number of carbonyl (C=O) groups is 1. The fourth-order valence-corrected chi connectivity index (χ4v) is 3.12. The summed E-state index contributed by atoms with van der Waals surface area (Å²) in [6, 6.07) is 19.0. The lowest BCUT2D eigenvalue weighted by molar-refractivity contribution is -0.115. The van der Waals surface area contributed by atoms with E-state index in [1.165, 1.54) is 0 Å². The number of nitrogens with two attached hydrogens (primary N) is 1. The van der Waals surface area contributed by atoms with Crippen LogP contribution >= 0.6 is 0 Å². The number of primary amides is 1. The molecule has 0 saturated heterocycles. The van der Waals surface area contributed by atoms with Crippen LogP contribution in [0.3, 0.4) is 0 Å². The number of hydrogen-bond donors (Lipinski definition) is 2. The number of fused-ring (bicyclic) bond motifs is 1. The van der Waals surface area contributed by atoms with Gasteiger partial charge in [0.25, 0.3) is 0 Å². The van der Waals surface area contributed by atoms with Gasteiger partial charge in [0, 0.05) is 11.3 Å². The van der Waals surface area contributed by atoms with E-state index in [4.69, 9.17) is 5.73 Å². The van der Waals surface area contributed by atoms with Crippen molar-refractivity contribution in [2.24, 2.45) is 5.73 Å². The molecule has 2 heterocycles. The van der Waals surface area contributed by atoms with Gasteiger partial charge in [0.2, 0.25) is 11.9 Å². The van der Waals surface area contributed by atoms with Crippen LogP contribution in [0.4, 0.5) is 5.95 Å². The highest BCUT2D eigenvalue weighted by atomic mass is 16.1. The van der Waals surface area contributed by atoms with Gasteiger partial charge in [-0.25, -0.2) is 4.68 Å². The zero-order chi connectivity index (χ0) is 17.4. The molecule has 6 heteroatoms.